The number of hydrogen-bond donors (Lipinski definition) is 2. The Morgan fingerprint density at radius 2 is 2.21 bits per heavy atom. The highest BCUT2D eigenvalue weighted by atomic mass is 35.5. The number of nitrogens with one attached hydrogen (secondary N) is 1. The number of anilines is 1. The first-order valence-electron chi connectivity index (χ1n) is 5.35. The number of hydrogen-bond acceptors (Lipinski definition) is 5. The largest absolute Gasteiger partial charge is 0.398 e. The molecule has 0 atom stereocenters. The van der Waals surface area contributed by atoms with Crippen LogP contribution in [0.3, 0.4) is 0 Å². The second-order valence-electron chi connectivity index (χ2n) is 3.92. The minimum absolute atomic E-state index is 0.00813. The molecule has 19 heavy (non-hydrogen) atoms. The molecule has 2 aromatic rings. The number of benzene rings is 1. The van der Waals surface area contributed by atoms with E-state index in [2.05, 4.69) is 9.88 Å². The van der Waals surface area contributed by atoms with E-state index in [-0.39, 0.29) is 16.5 Å². The smallest absolute Gasteiger partial charge is 0.241 e. The zero-order chi connectivity index (χ0) is 14.0. The van der Waals surface area contributed by atoms with Crippen molar-refractivity contribution in [1.29, 1.82) is 0 Å². The van der Waals surface area contributed by atoms with Gasteiger partial charge in [-0.3, -0.25) is 0 Å². The van der Waals surface area contributed by atoms with Gasteiger partial charge in [0.25, 0.3) is 0 Å². The summed E-state index contributed by atoms with van der Waals surface area (Å²) in [5.41, 5.74) is 6.48. The van der Waals surface area contributed by atoms with Gasteiger partial charge in [-0.25, -0.2) is 13.1 Å². The number of nitrogens with two attached hydrogens (primary N) is 1. The van der Waals surface area contributed by atoms with Crippen molar-refractivity contribution >= 4 is 27.3 Å². The first-order valence-corrected chi connectivity index (χ1v) is 7.21. The molecule has 102 valence electrons. The third kappa shape index (κ3) is 3.06. The Hall–Kier alpha value is -1.57. The van der Waals surface area contributed by atoms with E-state index in [1.54, 1.807) is 13.0 Å². The van der Waals surface area contributed by atoms with Gasteiger partial charge in [-0.1, -0.05) is 16.8 Å². The van der Waals surface area contributed by atoms with E-state index >= 15 is 0 Å². The predicted molar refractivity (Wildman–Crippen MR) is 71.1 cm³/mol. The molecule has 0 aliphatic rings. The van der Waals surface area contributed by atoms with Crippen LogP contribution < -0.4 is 10.5 Å². The zero-order valence-corrected chi connectivity index (χ0v) is 11.6. The predicted octanol–water partition coefficient (Wildman–Crippen LogP) is 1.70. The summed E-state index contributed by atoms with van der Waals surface area (Å²) in [6.07, 6.45) is 1.44. The molecule has 0 bridgehead atoms. The summed E-state index contributed by atoms with van der Waals surface area (Å²) in [7, 11) is -3.71. The maximum atomic E-state index is 12.2. The molecule has 6 nitrogen and oxygen atoms in total. The third-order valence-corrected chi connectivity index (χ3v) is 4.33. The van der Waals surface area contributed by atoms with Crippen molar-refractivity contribution in [2.45, 2.75) is 18.4 Å². The van der Waals surface area contributed by atoms with Crippen LogP contribution in [-0.4, -0.2) is 13.6 Å². The number of nitrogens with zero attached hydrogens (tertiary/aromatic N) is 1. The molecule has 0 saturated heterocycles. The van der Waals surface area contributed by atoms with Gasteiger partial charge in [0.2, 0.25) is 10.0 Å². The van der Waals surface area contributed by atoms with E-state index in [4.69, 9.17) is 21.9 Å². The molecule has 0 aliphatic carbocycles. The molecule has 8 heteroatoms. The van der Waals surface area contributed by atoms with Gasteiger partial charge in [0.15, 0.2) is 5.76 Å². The fourth-order valence-electron chi connectivity index (χ4n) is 1.53. The van der Waals surface area contributed by atoms with E-state index in [1.807, 2.05) is 0 Å². The molecule has 1 heterocycles. The monoisotopic (exact) mass is 301 g/mol. The summed E-state index contributed by atoms with van der Waals surface area (Å²) in [4.78, 5) is 0.0528. The second kappa shape index (κ2) is 5.20. The van der Waals surface area contributed by atoms with Gasteiger partial charge in [-0.15, -0.1) is 0 Å². The van der Waals surface area contributed by atoms with Crippen molar-refractivity contribution in [1.82, 2.24) is 9.88 Å². The Balaban J connectivity index is 2.29. The average molecular weight is 302 g/mol. The van der Waals surface area contributed by atoms with Gasteiger partial charge in [0.05, 0.1) is 17.6 Å². The van der Waals surface area contributed by atoms with Crippen LogP contribution in [0.4, 0.5) is 5.69 Å². The summed E-state index contributed by atoms with van der Waals surface area (Å²) in [5.74, 6) is 0.413. The number of rotatable bonds is 4. The minimum atomic E-state index is -3.71. The number of halogens is 1. The first-order chi connectivity index (χ1) is 8.90. The average Bonchev–Trinajstić information content (AvgIpc) is 2.84. The highest BCUT2D eigenvalue weighted by Crippen LogP contribution is 2.25. The number of aromatic nitrogens is 1. The molecule has 1 aromatic carbocycles. The SMILES string of the molecule is Cc1c(N)cc(Cl)cc1S(=O)(=O)NCc1ccno1. The minimum Gasteiger partial charge on any atom is -0.398 e. The normalized spacial score (nSPS) is 11.7. The van der Waals surface area contributed by atoms with Crippen molar-refractivity contribution in [2.24, 2.45) is 0 Å². The number of nitrogen functional groups attached to an aromatic ring is 1. The molecule has 0 unspecified atom stereocenters. The van der Waals surface area contributed by atoms with Gasteiger partial charge in [0.1, 0.15) is 0 Å². The van der Waals surface area contributed by atoms with Crippen molar-refractivity contribution in [2.75, 3.05) is 5.73 Å². The molecule has 0 saturated carbocycles. The van der Waals surface area contributed by atoms with Crippen LogP contribution in [0.25, 0.3) is 0 Å². The fourth-order valence-corrected chi connectivity index (χ4v) is 3.11. The van der Waals surface area contributed by atoms with Crippen LogP contribution in [0.5, 0.6) is 0 Å². The molecule has 1 aromatic heterocycles. The topological polar surface area (TPSA) is 98.2 Å². The lowest BCUT2D eigenvalue weighted by Gasteiger charge is -2.10. The lowest BCUT2D eigenvalue weighted by atomic mass is 10.2. The van der Waals surface area contributed by atoms with E-state index in [1.165, 1.54) is 18.3 Å². The highest BCUT2D eigenvalue weighted by Gasteiger charge is 2.19. The number of sulfonamides is 1. The van der Waals surface area contributed by atoms with Crippen LogP contribution in [0.1, 0.15) is 11.3 Å². The summed E-state index contributed by atoms with van der Waals surface area (Å²) >= 11 is 5.83. The summed E-state index contributed by atoms with van der Waals surface area (Å²) in [6, 6.07) is 4.43. The molecule has 0 radical (unpaired) electrons. The molecule has 0 spiro atoms. The Morgan fingerprint density at radius 3 is 2.84 bits per heavy atom. The van der Waals surface area contributed by atoms with Gasteiger partial charge in [-0.05, 0) is 24.6 Å². The third-order valence-electron chi connectivity index (χ3n) is 2.58. The van der Waals surface area contributed by atoms with Crippen LogP contribution in [0, 0.1) is 6.92 Å². The summed E-state index contributed by atoms with van der Waals surface area (Å²) in [5, 5.41) is 3.76. The second-order valence-corrected chi connectivity index (χ2v) is 6.09. The van der Waals surface area contributed by atoms with Crippen molar-refractivity contribution in [3.05, 3.63) is 40.7 Å². The zero-order valence-electron chi connectivity index (χ0n) is 10.1. The van der Waals surface area contributed by atoms with Crippen LogP contribution in [-0.2, 0) is 16.6 Å². The van der Waals surface area contributed by atoms with Crippen molar-refractivity contribution in [3.8, 4) is 0 Å². The summed E-state index contributed by atoms with van der Waals surface area (Å²) < 4.78 is 31.5. The lowest BCUT2D eigenvalue weighted by Crippen LogP contribution is -2.24. The maximum Gasteiger partial charge on any atom is 0.241 e. The van der Waals surface area contributed by atoms with Gasteiger partial charge < -0.3 is 10.3 Å². The molecule has 0 fully saturated rings. The van der Waals surface area contributed by atoms with Crippen LogP contribution >= 0.6 is 11.6 Å². The quantitative estimate of drug-likeness (QED) is 0.837. The van der Waals surface area contributed by atoms with Crippen molar-refractivity contribution < 1.29 is 12.9 Å². The maximum absolute atomic E-state index is 12.2. The van der Waals surface area contributed by atoms with Gasteiger partial charge in [-0.2, -0.15) is 0 Å². The lowest BCUT2D eigenvalue weighted by molar-refractivity contribution is 0.380. The van der Waals surface area contributed by atoms with Crippen LogP contribution in [0.2, 0.25) is 5.02 Å². The molecule has 0 aliphatic heterocycles. The molecule has 0 amide bonds. The first kappa shape index (κ1) is 13.9. The Kier molecular flexibility index (Phi) is 3.79. The van der Waals surface area contributed by atoms with E-state index in [0.29, 0.717) is 17.0 Å². The Labute approximate surface area is 115 Å². The van der Waals surface area contributed by atoms with E-state index in [9.17, 15) is 8.42 Å². The highest BCUT2D eigenvalue weighted by molar-refractivity contribution is 7.89. The molecular formula is C11H12ClN3O3S. The van der Waals surface area contributed by atoms with Gasteiger partial charge >= 0.3 is 0 Å². The summed E-state index contributed by atoms with van der Waals surface area (Å²) in [6.45, 7) is 1.63. The fraction of sp³-hybridized carbons (Fsp3) is 0.182. The van der Waals surface area contributed by atoms with E-state index < -0.39 is 10.0 Å². The van der Waals surface area contributed by atoms with Crippen LogP contribution in [0.15, 0.2) is 33.8 Å². The van der Waals surface area contributed by atoms with Crippen molar-refractivity contribution in [3.63, 3.8) is 0 Å². The standard InChI is InChI=1S/C11H12ClN3O3S/c1-7-10(13)4-8(12)5-11(7)19(16,17)15-6-9-2-3-14-18-9/h2-5,15H,6,13H2,1H3. The molecule has 2 rings (SSSR count). The van der Waals surface area contributed by atoms with E-state index in [0.717, 1.165) is 0 Å². The molecule has 3 N–H and O–H groups in total. The Bertz CT molecular complexity index is 683. The Morgan fingerprint density at radius 1 is 1.47 bits per heavy atom. The molecular weight excluding hydrogens is 290 g/mol. The van der Waals surface area contributed by atoms with Gasteiger partial charge in [0, 0.05) is 16.8 Å².